The summed E-state index contributed by atoms with van der Waals surface area (Å²) in [6, 6.07) is 28.2. The van der Waals surface area contributed by atoms with Crippen LogP contribution in [0.2, 0.25) is 0 Å². The molecule has 0 aliphatic rings. The Kier molecular flexibility index (Phi) is 13.5. The molecule has 228 valence electrons. The Labute approximate surface area is 267 Å². The molecule has 4 aromatic rings. The van der Waals surface area contributed by atoms with E-state index in [0.717, 1.165) is 30.1 Å². The van der Waals surface area contributed by atoms with Crippen molar-refractivity contribution in [2.24, 2.45) is 0 Å². The second-order valence-corrected chi connectivity index (χ2v) is 13.6. The van der Waals surface area contributed by atoms with Gasteiger partial charge in [0.1, 0.15) is 5.75 Å². The first-order chi connectivity index (χ1) is 21.5. The standard InChI is InChI=1S/C38H41NO4Se/c1-2-3-13-35-26-27-36(44-35)38(41)43-34-24-18-30(19-25-34)12-10-8-6-4-5-7-9-11-29-16-22-33(23-17-29)42-37(40)32-20-14-31(28-39)15-21-32/h14-27H,2-13H2,1H3. The number of hydrogen-bond acceptors (Lipinski definition) is 5. The Bertz CT molecular complexity index is 1500. The first kappa shape index (κ1) is 33.0. The fraction of sp³-hybridized carbons (Fsp3) is 0.342. The van der Waals surface area contributed by atoms with Gasteiger partial charge in [-0.1, -0.05) is 25.0 Å². The van der Waals surface area contributed by atoms with Gasteiger partial charge in [-0.2, -0.15) is 5.26 Å². The number of benzene rings is 3. The van der Waals surface area contributed by atoms with Gasteiger partial charge in [-0.25, -0.2) is 4.79 Å². The van der Waals surface area contributed by atoms with Gasteiger partial charge in [-0.05, 0) is 54.8 Å². The average Bonchev–Trinajstić information content (AvgIpc) is 3.54. The molecule has 0 amide bonds. The van der Waals surface area contributed by atoms with Crippen LogP contribution in [-0.2, 0) is 19.3 Å². The topological polar surface area (TPSA) is 76.4 Å². The van der Waals surface area contributed by atoms with Crippen molar-refractivity contribution in [2.75, 3.05) is 0 Å². The van der Waals surface area contributed by atoms with Gasteiger partial charge < -0.3 is 4.74 Å². The molecule has 0 atom stereocenters. The van der Waals surface area contributed by atoms with E-state index in [2.05, 4.69) is 25.1 Å². The predicted molar refractivity (Wildman–Crippen MR) is 176 cm³/mol. The van der Waals surface area contributed by atoms with Gasteiger partial charge in [-0.3, -0.25) is 0 Å². The van der Waals surface area contributed by atoms with Crippen LogP contribution in [-0.4, -0.2) is 26.4 Å². The summed E-state index contributed by atoms with van der Waals surface area (Å²) < 4.78 is 13.3. The Hall–Kier alpha value is -3.91. The van der Waals surface area contributed by atoms with E-state index in [9.17, 15) is 9.59 Å². The second kappa shape index (κ2) is 18.0. The van der Waals surface area contributed by atoms with E-state index in [-0.39, 0.29) is 20.5 Å². The summed E-state index contributed by atoms with van der Waals surface area (Å²) in [5, 5.41) is 8.88. The van der Waals surface area contributed by atoms with E-state index in [1.807, 2.05) is 48.5 Å². The molecule has 0 unspecified atom stereocenters. The normalized spacial score (nSPS) is 10.7. The first-order valence-corrected chi connectivity index (χ1v) is 17.5. The molecule has 0 bridgehead atoms. The number of hydrogen-bond donors (Lipinski definition) is 0. The van der Waals surface area contributed by atoms with Crippen molar-refractivity contribution < 1.29 is 19.1 Å². The predicted octanol–water partition coefficient (Wildman–Crippen LogP) is 8.91. The number of nitrogens with zero attached hydrogens (tertiary/aromatic N) is 1. The Morgan fingerprint density at radius 2 is 1.14 bits per heavy atom. The van der Waals surface area contributed by atoms with Crippen molar-refractivity contribution >= 4 is 26.4 Å². The molecule has 0 saturated carbocycles. The van der Waals surface area contributed by atoms with Gasteiger partial charge in [0.25, 0.3) is 0 Å². The molecule has 5 nitrogen and oxygen atoms in total. The number of esters is 2. The van der Waals surface area contributed by atoms with Gasteiger partial charge in [0.2, 0.25) is 0 Å². The van der Waals surface area contributed by atoms with E-state index in [0.29, 0.717) is 22.6 Å². The molecule has 0 radical (unpaired) electrons. The molecule has 4 rings (SSSR count). The molecule has 3 aromatic carbocycles. The Morgan fingerprint density at radius 3 is 1.66 bits per heavy atom. The van der Waals surface area contributed by atoms with Crippen LogP contribution in [0.4, 0.5) is 0 Å². The number of unbranched alkanes of at least 4 members (excludes halogenated alkanes) is 7. The van der Waals surface area contributed by atoms with Crippen molar-refractivity contribution in [2.45, 2.75) is 84.0 Å². The zero-order chi connectivity index (χ0) is 31.0. The molecule has 0 aliphatic heterocycles. The number of carbonyl (C=O) groups is 2. The van der Waals surface area contributed by atoms with E-state index >= 15 is 0 Å². The number of rotatable bonds is 17. The summed E-state index contributed by atoms with van der Waals surface area (Å²) in [4.78, 5) is 24.8. The minimum atomic E-state index is -0.426. The average molecular weight is 655 g/mol. The maximum atomic E-state index is 12.5. The number of ether oxygens (including phenoxy) is 2. The van der Waals surface area contributed by atoms with Crippen molar-refractivity contribution in [3.63, 3.8) is 0 Å². The fourth-order valence-electron chi connectivity index (χ4n) is 4.97. The van der Waals surface area contributed by atoms with Crippen LogP contribution in [0.15, 0.2) is 84.9 Å². The van der Waals surface area contributed by atoms with Crippen LogP contribution >= 0.6 is 0 Å². The molecule has 1 heterocycles. The molecular formula is C38H41NO4Se. The van der Waals surface area contributed by atoms with Crippen molar-refractivity contribution in [1.29, 1.82) is 5.26 Å². The van der Waals surface area contributed by atoms with Crippen LogP contribution in [0.25, 0.3) is 0 Å². The SMILES string of the molecule is CCCCc1ccc(C(=O)Oc2ccc(CCCCCCCCCc3ccc(OC(=O)c4ccc(C#N)cc4)cc3)cc2)[se]1. The third-order valence-electron chi connectivity index (χ3n) is 7.59. The van der Waals surface area contributed by atoms with Crippen molar-refractivity contribution in [1.82, 2.24) is 0 Å². The van der Waals surface area contributed by atoms with Gasteiger partial charge in [0, 0.05) is 0 Å². The van der Waals surface area contributed by atoms with Crippen LogP contribution in [0, 0.1) is 11.3 Å². The monoisotopic (exact) mass is 655 g/mol. The van der Waals surface area contributed by atoms with Gasteiger partial charge in [0.05, 0.1) is 17.2 Å². The van der Waals surface area contributed by atoms with Crippen LogP contribution in [0.1, 0.15) is 105 Å². The quantitative estimate of drug-likeness (QED) is 0.0492. The molecule has 44 heavy (non-hydrogen) atoms. The molecule has 1 aromatic heterocycles. The third-order valence-corrected chi connectivity index (χ3v) is 9.95. The van der Waals surface area contributed by atoms with Crippen molar-refractivity contribution in [3.05, 3.63) is 116 Å². The molecule has 0 aliphatic carbocycles. The summed E-state index contributed by atoms with van der Waals surface area (Å²) in [5.74, 6) is 0.508. The van der Waals surface area contributed by atoms with Gasteiger partial charge >= 0.3 is 151 Å². The van der Waals surface area contributed by atoms with E-state index in [1.54, 1.807) is 24.3 Å². The fourth-order valence-corrected chi connectivity index (χ4v) is 6.91. The second-order valence-electron chi connectivity index (χ2n) is 11.1. The molecule has 0 spiro atoms. The van der Waals surface area contributed by atoms with Crippen LogP contribution in [0.5, 0.6) is 11.5 Å². The zero-order valence-electron chi connectivity index (χ0n) is 25.6. The first-order valence-electron chi connectivity index (χ1n) is 15.7. The van der Waals surface area contributed by atoms with E-state index in [1.165, 1.54) is 66.9 Å². The molecule has 0 saturated heterocycles. The van der Waals surface area contributed by atoms with E-state index < -0.39 is 5.97 Å². The summed E-state index contributed by atoms with van der Waals surface area (Å²) in [7, 11) is 0. The summed E-state index contributed by atoms with van der Waals surface area (Å²) in [6.07, 6.45) is 14.0. The number of aryl methyl sites for hydroxylation is 3. The summed E-state index contributed by atoms with van der Waals surface area (Å²) >= 11 is 0.105. The van der Waals surface area contributed by atoms with Crippen molar-refractivity contribution in [3.8, 4) is 17.6 Å². The minimum absolute atomic E-state index is 0.105. The van der Waals surface area contributed by atoms with Crippen LogP contribution < -0.4 is 9.47 Å². The van der Waals surface area contributed by atoms with Gasteiger partial charge in [-0.15, -0.1) is 0 Å². The number of nitriles is 1. The summed E-state index contributed by atoms with van der Waals surface area (Å²) in [6.45, 7) is 2.19. The molecular weight excluding hydrogens is 613 g/mol. The maximum absolute atomic E-state index is 12.5. The molecule has 0 N–H and O–H groups in total. The number of carbonyl (C=O) groups excluding carboxylic acids is 2. The van der Waals surface area contributed by atoms with E-state index in [4.69, 9.17) is 14.7 Å². The Balaban J connectivity index is 1.03. The van der Waals surface area contributed by atoms with Crippen LogP contribution in [0.3, 0.4) is 0 Å². The Morgan fingerprint density at radius 1 is 0.614 bits per heavy atom. The third kappa shape index (κ3) is 11.0. The van der Waals surface area contributed by atoms with Gasteiger partial charge in [0.15, 0.2) is 0 Å². The zero-order valence-corrected chi connectivity index (χ0v) is 27.3. The summed E-state index contributed by atoms with van der Waals surface area (Å²) in [5.41, 5.74) is 3.47. The molecule has 0 fully saturated rings. The molecule has 6 heteroatoms.